The molecule has 9 heteroatoms. The molecule has 124 valence electrons. The molecule has 4 rings (SSSR count). The molecule has 1 aromatic carbocycles. The highest BCUT2D eigenvalue weighted by atomic mass is 19.1. The van der Waals surface area contributed by atoms with Gasteiger partial charge in [-0.3, -0.25) is 4.79 Å². The minimum atomic E-state index is -0.278. The van der Waals surface area contributed by atoms with Crippen LogP contribution in [-0.2, 0) is 11.2 Å². The highest BCUT2D eigenvalue weighted by Crippen LogP contribution is 2.28. The topological polar surface area (TPSA) is 103 Å². The number of fused-ring (bicyclic) bond motifs is 1. The second kappa shape index (κ2) is 5.99. The molecule has 1 fully saturated rings. The van der Waals surface area contributed by atoms with E-state index < -0.39 is 0 Å². The Balaban J connectivity index is 1.40. The monoisotopic (exact) mass is 329 g/mol. The lowest BCUT2D eigenvalue weighted by molar-refractivity contribution is -0.131. The van der Waals surface area contributed by atoms with E-state index in [1.165, 1.54) is 12.1 Å². The van der Waals surface area contributed by atoms with Crippen molar-refractivity contribution in [2.45, 2.75) is 25.2 Å². The van der Waals surface area contributed by atoms with E-state index in [4.69, 9.17) is 0 Å². The van der Waals surface area contributed by atoms with Gasteiger partial charge in [-0.1, -0.05) is 5.21 Å². The van der Waals surface area contributed by atoms with Crippen molar-refractivity contribution in [3.63, 3.8) is 0 Å². The van der Waals surface area contributed by atoms with E-state index in [-0.39, 0.29) is 24.1 Å². The molecule has 0 atom stereocenters. The lowest BCUT2D eigenvalue weighted by Gasteiger charge is -2.30. The third kappa shape index (κ3) is 2.84. The number of carbonyl (C=O) groups is 1. The van der Waals surface area contributed by atoms with Gasteiger partial charge in [-0.15, -0.1) is 10.2 Å². The van der Waals surface area contributed by atoms with E-state index in [0.717, 1.165) is 24.2 Å². The SMILES string of the molecule is O=C(Cc1nn[nH]n1)N1CCC(c2nc3ccc(F)cc3[nH]2)CC1. The largest absolute Gasteiger partial charge is 0.342 e. The normalized spacial score (nSPS) is 16.0. The number of imidazole rings is 1. The van der Waals surface area contributed by atoms with Gasteiger partial charge in [0.15, 0.2) is 5.82 Å². The van der Waals surface area contributed by atoms with Gasteiger partial charge in [0.1, 0.15) is 11.6 Å². The van der Waals surface area contributed by atoms with Crippen LogP contribution in [0.3, 0.4) is 0 Å². The van der Waals surface area contributed by atoms with Crippen LogP contribution < -0.4 is 0 Å². The van der Waals surface area contributed by atoms with Crippen molar-refractivity contribution in [2.24, 2.45) is 0 Å². The van der Waals surface area contributed by atoms with Crippen LogP contribution in [0.2, 0.25) is 0 Å². The fraction of sp³-hybridized carbons (Fsp3) is 0.400. The first-order chi connectivity index (χ1) is 11.7. The minimum Gasteiger partial charge on any atom is -0.342 e. The number of tetrazole rings is 1. The molecular weight excluding hydrogens is 313 g/mol. The maximum absolute atomic E-state index is 13.3. The first kappa shape index (κ1) is 14.7. The molecule has 3 heterocycles. The smallest absolute Gasteiger partial charge is 0.230 e. The van der Waals surface area contributed by atoms with E-state index >= 15 is 0 Å². The van der Waals surface area contributed by atoms with Gasteiger partial charge < -0.3 is 9.88 Å². The Labute approximate surface area is 136 Å². The van der Waals surface area contributed by atoms with E-state index in [1.807, 2.05) is 4.90 Å². The van der Waals surface area contributed by atoms with Gasteiger partial charge in [-0.05, 0) is 31.0 Å². The molecule has 24 heavy (non-hydrogen) atoms. The molecule has 0 aliphatic carbocycles. The maximum Gasteiger partial charge on any atom is 0.230 e. The lowest BCUT2D eigenvalue weighted by Crippen LogP contribution is -2.39. The van der Waals surface area contributed by atoms with Crippen LogP contribution >= 0.6 is 0 Å². The van der Waals surface area contributed by atoms with Crippen molar-refractivity contribution in [3.8, 4) is 0 Å². The Morgan fingerprint density at radius 2 is 2.17 bits per heavy atom. The number of nitrogens with zero attached hydrogens (tertiary/aromatic N) is 5. The summed E-state index contributed by atoms with van der Waals surface area (Å²) >= 11 is 0. The van der Waals surface area contributed by atoms with Gasteiger partial charge in [-0.2, -0.15) is 5.21 Å². The molecule has 0 spiro atoms. The molecule has 0 unspecified atom stereocenters. The zero-order valence-corrected chi connectivity index (χ0v) is 12.9. The summed E-state index contributed by atoms with van der Waals surface area (Å²) in [5.41, 5.74) is 1.47. The van der Waals surface area contributed by atoms with Gasteiger partial charge in [0.05, 0.1) is 17.5 Å². The number of aromatic nitrogens is 6. The van der Waals surface area contributed by atoms with E-state index in [1.54, 1.807) is 6.07 Å². The second-order valence-electron chi connectivity index (χ2n) is 5.94. The van der Waals surface area contributed by atoms with Crippen molar-refractivity contribution in [2.75, 3.05) is 13.1 Å². The number of nitrogens with one attached hydrogen (secondary N) is 2. The summed E-state index contributed by atoms with van der Waals surface area (Å²) in [4.78, 5) is 21.8. The average molecular weight is 329 g/mol. The predicted molar refractivity (Wildman–Crippen MR) is 82.5 cm³/mol. The summed E-state index contributed by atoms with van der Waals surface area (Å²) in [7, 11) is 0. The Bertz CT molecular complexity index is 852. The summed E-state index contributed by atoms with van der Waals surface area (Å²) in [6, 6.07) is 4.54. The number of aromatic amines is 2. The molecule has 3 aromatic rings. The quantitative estimate of drug-likeness (QED) is 0.750. The zero-order valence-electron chi connectivity index (χ0n) is 12.9. The van der Waals surface area contributed by atoms with Crippen molar-refractivity contribution >= 4 is 16.9 Å². The van der Waals surface area contributed by atoms with Crippen LogP contribution in [0.5, 0.6) is 0 Å². The average Bonchev–Trinajstić information content (AvgIpc) is 3.24. The Morgan fingerprint density at radius 1 is 1.33 bits per heavy atom. The number of hydrogen-bond acceptors (Lipinski definition) is 5. The van der Waals surface area contributed by atoms with Crippen LogP contribution in [0, 0.1) is 5.82 Å². The van der Waals surface area contributed by atoms with Gasteiger partial charge in [0, 0.05) is 19.0 Å². The maximum atomic E-state index is 13.3. The van der Waals surface area contributed by atoms with Crippen LogP contribution in [0.4, 0.5) is 4.39 Å². The highest BCUT2D eigenvalue weighted by molar-refractivity contribution is 5.78. The number of amides is 1. The molecule has 8 nitrogen and oxygen atoms in total. The first-order valence-corrected chi connectivity index (χ1v) is 7.84. The molecule has 1 amide bonds. The number of halogens is 1. The molecule has 2 aromatic heterocycles. The number of benzene rings is 1. The predicted octanol–water partition coefficient (Wildman–Crippen LogP) is 1.16. The zero-order chi connectivity index (χ0) is 16.5. The molecule has 0 bridgehead atoms. The Morgan fingerprint density at radius 3 is 2.92 bits per heavy atom. The molecule has 1 saturated heterocycles. The third-order valence-electron chi connectivity index (χ3n) is 4.40. The van der Waals surface area contributed by atoms with Gasteiger partial charge >= 0.3 is 0 Å². The fourth-order valence-corrected chi connectivity index (χ4v) is 3.10. The molecule has 1 aliphatic heterocycles. The first-order valence-electron chi connectivity index (χ1n) is 7.84. The highest BCUT2D eigenvalue weighted by Gasteiger charge is 2.26. The van der Waals surface area contributed by atoms with E-state index in [2.05, 4.69) is 30.6 Å². The number of piperidine rings is 1. The van der Waals surface area contributed by atoms with Gasteiger partial charge in [-0.25, -0.2) is 9.37 Å². The van der Waals surface area contributed by atoms with Gasteiger partial charge in [0.25, 0.3) is 0 Å². The molecular formula is C15H16FN7O. The van der Waals surface area contributed by atoms with Crippen molar-refractivity contribution < 1.29 is 9.18 Å². The summed E-state index contributed by atoms with van der Waals surface area (Å²) < 4.78 is 13.3. The lowest BCUT2D eigenvalue weighted by atomic mass is 9.96. The summed E-state index contributed by atoms with van der Waals surface area (Å²) in [5, 5.41) is 13.4. The standard InChI is InChI=1S/C15H16FN7O/c16-10-1-2-11-12(7-10)18-15(17-11)9-3-5-23(6-4-9)14(24)8-13-19-21-22-20-13/h1-2,7,9H,3-6,8H2,(H,17,18)(H,19,20,21,22). The molecule has 2 N–H and O–H groups in total. The minimum absolute atomic E-state index is 0.00141. The van der Waals surface area contributed by atoms with Crippen molar-refractivity contribution in [1.82, 2.24) is 35.5 Å². The van der Waals surface area contributed by atoms with E-state index in [9.17, 15) is 9.18 Å². The Hall–Kier alpha value is -2.84. The molecule has 0 saturated carbocycles. The summed E-state index contributed by atoms with van der Waals surface area (Å²) in [6.07, 6.45) is 1.80. The molecule has 0 radical (unpaired) electrons. The number of rotatable bonds is 3. The number of carbonyl (C=O) groups excluding carboxylic acids is 1. The second-order valence-corrected chi connectivity index (χ2v) is 5.94. The number of H-pyrrole nitrogens is 2. The van der Waals surface area contributed by atoms with Crippen LogP contribution in [0.1, 0.15) is 30.4 Å². The molecule has 1 aliphatic rings. The third-order valence-corrected chi connectivity index (χ3v) is 4.40. The van der Waals surface area contributed by atoms with Crippen LogP contribution in [-0.4, -0.2) is 54.5 Å². The van der Waals surface area contributed by atoms with Crippen molar-refractivity contribution in [3.05, 3.63) is 35.7 Å². The van der Waals surface area contributed by atoms with Crippen LogP contribution in [0.25, 0.3) is 11.0 Å². The van der Waals surface area contributed by atoms with Crippen LogP contribution in [0.15, 0.2) is 18.2 Å². The van der Waals surface area contributed by atoms with Gasteiger partial charge in [0.2, 0.25) is 5.91 Å². The number of likely N-dealkylation sites (tertiary alicyclic amines) is 1. The summed E-state index contributed by atoms with van der Waals surface area (Å²) in [5.74, 6) is 1.23. The fourth-order valence-electron chi connectivity index (χ4n) is 3.10. The van der Waals surface area contributed by atoms with Crippen molar-refractivity contribution in [1.29, 1.82) is 0 Å². The Kier molecular flexibility index (Phi) is 3.68. The number of hydrogen-bond donors (Lipinski definition) is 2. The summed E-state index contributed by atoms with van der Waals surface area (Å²) in [6.45, 7) is 1.32. The van der Waals surface area contributed by atoms with E-state index in [0.29, 0.717) is 24.4 Å².